The molecule has 2 amide bonds. The van der Waals surface area contributed by atoms with Gasteiger partial charge in [0.05, 0.1) is 31.9 Å². The van der Waals surface area contributed by atoms with Crippen LogP contribution in [0.15, 0.2) is 0 Å². The van der Waals surface area contributed by atoms with Crippen LogP contribution in [0.5, 0.6) is 0 Å². The molecule has 1 atom stereocenters. The zero-order valence-electron chi connectivity index (χ0n) is 17.5. The van der Waals surface area contributed by atoms with Crippen LogP contribution in [0.3, 0.4) is 0 Å². The van der Waals surface area contributed by atoms with E-state index in [1.165, 1.54) is 0 Å². The summed E-state index contributed by atoms with van der Waals surface area (Å²) in [7, 11) is 0. The van der Waals surface area contributed by atoms with Crippen LogP contribution in [0.4, 0.5) is 0 Å². The van der Waals surface area contributed by atoms with Gasteiger partial charge in [0.15, 0.2) is 0 Å². The summed E-state index contributed by atoms with van der Waals surface area (Å²) in [6, 6.07) is 0. The van der Waals surface area contributed by atoms with Crippen LogP contribution in [0.25, 0.3) is 0 Å². The lowest BCUT2D eigenvalue weighted by molar-refractivity contribution is -0.153. The van der Waals surface area contributed by atoms with Crippen molar-refractivity contribution >= 4 is 11.8 Å². The van der Waals surface area contributed by atoms with Crippen molar-refractivity contribution in [2.24, 2.45) is 11.8 Å². The number of hydrogen-bond acceptors (Lipinski definition) is 5. The minimum absolute atomic E-state index is 0.0246. The zero-order chi connectivity index (χ0) is 20.3. The van der Waals surface area contributed by atoms with Gasteiger partial charge in [0.25, 0.3) is 0 Å². The molecule has 0 bridgehead atoms. The van der Waals surface area contributed by atoms with Gasteiger partial charge in [0.1, 0.15) is 11.3 Å². The number of carbonyl (C=O) groups is 2. The Bertz CT molecular complexity index is 715. The van der Waals surface area contributed by atoms with E-state index >= 15 is 0 Å². The van der Waals surface area contributed by atoms with Gasteiger partial charge in [-0.15, -0.1) is 5.10 Å². The summed E-state index contributed by atoms with van der Waals surface area (Å²) in [6.07, 6.45) is 2.93. The second-order valence-electron chi connectivity index (χ2n) is 9.00. The number of nitrogens with zero attached hydrogens (tertiary/aromatic N) is 4. The molecule has 3 heterocycles. The summed E-state index contributed by atoms with van der Waals surface area (Å²) in [5.41, 5.74) is 1.29. The molecule has 0 aliphatic carbocycles. The van der Waals surface area contributed by atoms with Crippen LogP contribution in [0, 0.1) is 11.8 Å². The van der Waals surface area contributed by atoms with Crippen molar-refractivity contribution in [3.63, 3.8) is 0 Å². The van der Waals surface area contributed by atoms with E-state index in [0.717, 1.165) is 30.8 Å². The van der Waals surface area contributed by atoms with E-state index in [2.05, 4.69) is 29.5 Å². The van der Waals surface area contributed by atoms with Gasteiger partial charge >= 0.3 is 0 Å². The van der Waals surface area contributed by atoms with E-state index in [4.69, 9.17) is 4.74 Å². The van der Waals surface area contributed by atoms with Crippen molar-refractivity contribution in [1.82, 2.24) is 25.2 Å². The van der Waals surface area contributed by atoms with Crippen LogP contribution in [0.1, 0.15) is 64.8 Å². The Morgan fingerprint density at radius 2 is 1.93 bits per heavy atom. The summed E-state index contributed by atoms with van der Waals surface area (Å²) in [6.45, 7) is 11.0. The lowest BCUT2D eigenvalue weighted by atomic mass is 9.90. The van der Waals surface area contributed by atoms with Crippen LogP contribution in [-0.4, -0.2) is 50.4 Å². The number of aromatic nitrogens is 3. The average molecular weight is 392 g/mol. The first-order chi connectivity index (χ1) is 13.3. The van der Waals surface area contributed by atoms with E-state index in [9.17, 15) is 9.59 Å². The van der Waals surface area contributed by atoms with Crippen LogP contribution >= 0.6 is 0 Å². The SMILES string of the molecule is CC(C)CC(=O)NCc1nnn2c1COC1(CCCN(C(=O)CC(C)C)C1)C2. The molecule has 1 unspecified atom stereocenters. The fourth-order valence-electron chi connectivity index (χ4n) is 3.99. The van der Waals surface area contributed by atoms with Gasteiger partial charge in [-0.3, -0.25) is 9.59 Å². The number of amides is 2. The fraction of sp³-hybridized carbons (Fsp3) is 0.800. The molecule has 1 saturated heterocycles. The summed E-state index contributed by atoms with van der Waals surface area (Å²) < 4.78 is 8.17. The molecule has 156 valence electrons. The van der Waals surface area contributed by atoms with Crippen molar-refractivity contribution < 1.29 is 14.3 Å². The Kier molecular flexibility index (Phi) is 6.37. The largest absolute Gasteiger partial charge is 0.365 e. The Morgan fingerprint density at radius 3 is 2.64 bits per heavy atom. The Balaban J connectivity index is 1.62. The number of fused-ring (bicyclic) bond motifs is 1. The van der Waals surface area contributed by atoms with Crippen LogP contribution < -0.4 is 5.32 Å². The second kappa shape index (κ2) is 8.59. The third-order valence-corrected chi connectivity index (χ3v) is 5.39. The van der Waals surface area contributed by atoms with E-state index in [1.54, 1.807) is 0 Å². The topological polar surface area (TPSA) is 89.3 Å². The standard InChI is InChI=1S/C20H33N5O3/c1-14(2)8-18(26)21-10-16-17-11-28-20(13-25(17)23-22-16)6-5-7-24(12-20)19(27)9-15(3)4/h14-15H,5-13H2,1-4H3,(H,21,26). The molecule has 8 heteroatoms. The number of piperidine rings is 1. The molecule has 28 heavy (non-hydrogen) atoms. The predicted octanol–water partition coefficient (Wildman–Crippen LogP) is 1.88. The minimum atomic E-state index is -0.385. The highest BCUT2D eigenvalue weighted by Crippen LogP contribution is 2.32. The first kappa shape index (κ1) is 20.8. The van der Waals surface area contributed by atoms with E-state index in [1.807, 2.05) is 23.4 Å². The normalized spacial score (nSPS) is 22.0. The minimum Gasteiger partial charge on any atom is -0.365 e. The summed E-state index contributed by atoms with van der Waals surface area (Å²) in [5, 5.41) is 11.5. The Hall–Kier alpha value is -1.96. The molecule has 0 aromatic carbocycles. The molecule has 1 spiro atoms. The smallest absolute Gasteiger partial charge is 0.222 e. The van der Waals surface area contributed by atoms with Gasteiger partial charge in [-0.25, -0.2) is 4.68 Å². The number of hydrogen-bond donors (Lipinski definition) is 1. The molecule has 3 rings (SSSR count). The van der Waals surface area contributed by atoms with Gasteiger partial charge in [0.2, 0.25) is 11.8 Å². The Morgan fingerprint density at radius 1 is 1.18 bits per heavy atom. The van der Waals surface area contributed by atoms with Crippen LogP contribution in [0.2, 0.25) is 0 Å². The second-order valence-corrected chi connectivity index (χ2v) is 9.00. The third kappa shape index (κ3) is 4.90. The van der Waals surface area contributed by atoms with Crippen molar-refractivity contribution in [3.05, 3.63) is 11.4 Å². The zero-order valence-corrected chi connectivity index (χ0v) is 17.5. The summed E-state index contributed by atoms with van der Waals surface area (Å²) >= 11 is 0. The number of ether oxygens (including phenoxy) is 1. The highest BCUT2D eigenvalue weighted by molar-refractivity contribution is 5.76. The summed E-state index contributed by atoms with van der Waals surface area (Å²) in [4.78, 5) is 26.3. The molecule has 2 aliphatic heterocycles. The van der Waals surface area contributed by atoms with Gasteiger partial charge in [-0.1, -0.05) is 32.9 Å². The Labute approximate surface area is 167 Å². The molecule has 2 aliphatic rings. The van der Waals surface area contributed by atoms with E-state index in [0.29, 0.717) is 50.9 Å². The molecule has 1 fully saturated rings. The first-order valence-corrected chi connectivity index (χ1v) is 10.4. The van der Waals surface area contributed by atoms with Crippen molar-refractivity contribution in [1.29, 1.82) is 0 Å². The number of carbonyl (C=O) groups excluding carboxylic acids is 2. The number of nitrogens with one attached hydrogen (secondary N) is 1. The van der Waals surface area contributed by atoms with Gasteiger partial charge in [-0.2, -0.15) is 0 Å². The van der Waals surface area contributed by atoms with Gasteiger partial charge in [0, 0.05) is 19.4 Å². The van der Waals surface area contributed by atoms with Crippen molar-refractivity contribution in [2.75, 3.05) is 13.1 Å². The van der Waals surface area contributed by atoms with E-state index in [-0.39, 0.29) is 17.4 Å². The molecule has 1 aromatic rings. The number of rotatable bonds is 6. The molecule has 0 radical (unpaired) electrons. The van der Waals surface area contributed by atoms with Crippen molar-refractivity contribution in [2.45, 2.75) is 78.7 Å². The molecule has 1 N–H and O–H groups in total. The maximum atomic E-state index is 12.5. The monoisotopic (exact) mass is 391 g/mol. The predicted molar refractivity (Wildman–Crippen MR) is 104 cm³/mol. The maximum Gasteiger partial charge on any atom is 0.222 e. The highest BCUT2D eigenvalue weighted by atomic mass is 16.5. The number of likely N-dealkylation sites (tertiary alicyclic amines) is 1. The van der Waals surface area contributed by atoms with Gasteiger partial charge < -0.3 is 15.0 Å². The third-order valence-electron chi connectivity index (χ3n) is 5.39. The molecule has 1 aromatic heterocycles. The molecule has 8 nitrogen and oxygen atoms in total. The molecule has 0 saturated carbocycles. The average Bonchev–Trinajstić information content (AvgIpc) is 3.00. The summed E-state index contributed by atoms with van der Waals surface area (Å²) in [5.74, 6) is 0.907. The van der Waals surface area contributed by atoms with Crippen molar-refractivity contribution in [3.8, 4) is 0 Å². The quantitative estimate of drug-likeness (QED) is 0.800. The maximum absolute atomic E-state index is 12.5. The molecular formula is C20H33N5O3. The van der Waals surface area contributed by atoms with E-state index < -0.39 is 0 Å². The van der Waals surface area contributed by atoms with Gasteiger partial charge in [-0.05, 0) is 24.7 Å². The lowest BCUT2D eigenvalue weighted by Gasteiger charge is -2.44. The lowest BCUT2D eigenvalue weighted by Crippen LogP contribution is -2.55. The fourth-order valence-corrected chi connectivity index (χ4v) is 3.99. The highest BCUT2D eigenvalue weighted by Gasteiger charge is 2.42. The van der Waals surface area contributed by atoms with Crippen LogP contribution in [-0.2, 0) is 34.0 Å². The molecular weight excluding hydrogens is 358 g/mol. The first-order valence-electron chi connectivity index (χ1n) is 10.4.